The van der Waals surface area contributed by atoms with Crippen molar-refractivity contribution in [3.05, 3.63) is 88.2 Å². The lowest BCUT2D eigenvalue weighted by molar-refractivity contribution is -0.123. The first-order valence-electron chi connectivity index (χ1n) is 14.4. The molecule has 3 aromatic carbocycles. The van der Waals surface area contributed by atoms with Crippen molar-refractivity contribution in [2.75, 3.05) is 18.0 Å². The number of aryl methyl sites for hydroxylation is 2. The number of amides is 1. The van der Waals surface area contributed by atoms with Crippen LogP contribution < -0.4 is 10.2 Å². The zero-order chi connectivity index (χ0) is 30.5. The van der Waals surface area contributed by atoms with E-state index in [4.69, 9.17) is 12.2 Å². The van der Waals surface area contributed by atoms with Crippen LogP contribution in [0.15, 0.2) is 54.6 Å². The van der Waals surface area contributed by atoms with Gasteiger partial charge in [-0.05, 0) is 98.4 Å². The molecule has 2 N–H and O–H groups in total. The van der Waals surface area contributed by atoms with E-state index in [0.29, 0.717) is 53.5 Å². The summed E-state index contributed by atoms with van der Waals surface area (Å²) >= 11 is 5.75. The van der Waals surface area contributed by atoms with Crippen molar-refractivity contribution in [1.29, 1.82) is 5.26 Å². The Bertz CT molecular complexity index is 1840. The second-order valence-electron chi connectivity index (χ2n) is 11.7. The molecule has 6 rings (SSSR count). The molecule has 1 aromatic heterocycles. The van der Waals surface area contributed by atoms with Crippen LogP contribution in [0.25, 0.3) is 22.2 Å². The first-order valence-corrected chi connectivity index (χ1v) is 14.8. The van der Waals surface area contributed by atoms with Crippen molar-refractivity contribution in [3.8, 4) is 17.3 Å². The number of carbonyl (C=O) groups is 2. The zero-order valence-corrected chi connectivity index (χ0v) is 25.2. The van der Waals surface area contributed by atoms with Crippen molar-refractivity contribution in [2.24, 2.45) is 0 Å². The molecule has 0 spiro atoms. The molecular weight excluding hydrogens is 561 g/mol. The number of halogens is 1. The molecule has 4 aromatic rings. The number of carbonyl (C=O) groups excluding carboxylic acids is 2. The van der Waals surface area contributed by atoms with Crippen LogP contribution in [0, 0.1) is 24.1 Å². The monoisotopic (exact) mass is 593 g/mol. The van der Waals surface area contributed by atoms with Crippen LogP contribution in [0.4, 0.5) is 10.1 Å². The number of ketones is 1. The molecule has 0 bridgehead atoms. The highest BCUT2D eigenvalue weighted by atomic mass is 32.1. The van der Waals surface area contributed by atoms with Gasteiger partial charge in [-0.3, -0.25) is 14.5 Å². The molecule has 1 aliphatic heterocycles. The summed E-state index contributed by atoms with van der Waals surface area (Å²) in [7, 11) is 0. The topological polar surface area (TPSA) is 92.2 Å². The van der Waals surface area contributed by atoms with Gasteiger partial charge in [0, 0.05) is 48.2 Å². The summed E-state index contributed by atoms with van der Waals surface area (Å²) in [5.74, 6) is -0.504. The number of aromatic amines is 1. The number of Topliss-reactive ketones (excluding diaryl/α,β-unsaturated/α-hetero) is 1. The summed E-state index contributed by atoms with van der Waals surface area (Å²) in [6.45, 7) is 7.41. The molecule has 0 saturated carbocycles. The third-order valence-electron chi connectivity index (χ3n) is 8.59. The number of nitrogens with one attached hydrogen (secondary N) is 2. The smallest absolute Gasteiger partial charge is 0.258 e. The van der Waals surface area contributed by atoms with Crippen LogP contribution in [-0.4, -0.2) is 45.3 Å². The molecule has 1 amide bonds. The zero-order valence-electron chi connectivity index (χ0n) is 24.4. The van der Waals surface area contributed by atoms with Gasteiger partial charge in [-0.1, -0.05) is 24.3 Å². The predicted octanol–water partition coefficient (Wildman–Crippen LogP) is 6.18. The number of anilines is 1. The standard InChI is InChI=1S/C34H32FN5O2S/c1-20-15-25(12-11-23(20)18-36)40-32(42)34(2,3)39(33(40)43)14-13-37-19-21-7-9-22(10-8-21)31-26-5-4-6-29(41)27-16-24(35)17-28(38-31)30(26)27/h7-12,15-17,37-38H,4-6,13-14,19H2,1-3H3. The van der Waals surface area contributed by atoms with Crippen LogP contribution in [0.3, 0.4) is 0 Å². The fourth-order valence-corrected chi connectivity index (χ4v) is 6.71. The minimum atomic E-state index is -0.797. The molecule has 7 nitrogen and oxygen atoms in total. The van der Waals surface area contributed by atoms with E-state index in [1.54, 1.807) is 17.0 Å². The van der Waals surface area contributed by atoms with E-state index in [0.717, 1.165) is 46.2 Å². The Morgan fingerprint density at radius 2 is 1.86 bits per heavy atom. The lowest BCUT2D eigenvalue weighted by atomic mass is 9.99. The van der Waals surface area contributed by atoms with E-state index >= 15 is 0 Å². The van der Waals surface area contributed by atoms with Gasteiger partial charge in [-0.15, -0.1) is 0 Å². The Balaban J connectivity index is 1.12. The third-order valence-corrected chi connectivity index (χ3v) is 9.00. The maximum absolute atomic E-state index is 14.3. The first kappa shape index (κ1) is 28.7. The van der Waals surface area contributed by atoms with E-state index in [-0.39, 0.29) is 11.7 Å². The lowest BCUT2D eigenvalue weighted by Crippen LogP contribution is -2.46. The normalized spacial score (nSPS) is 16.2. The Labute approximate surface area is 255 Å². The number of thiocarbonyl (C=S) groups is 1. The van der Waals surface area contributed by atoms with Crippen LogP contribution in [0.1, 0.15) is 59.3 Å². The van der Waals surface area contributed by atoms with Crippen LogP contribution in [-0.2, 0) is 17.8 Å². The van der Waals surface area contributed by atoms with Gasteiger partial charge in [-0.2, -0.15) is 5.26 Å². The molecule has 43 heavy (non-hydrogen) atoms. The van der Waals surface area contributed by atoms with Gasteiger partial charge in [0.2, 0.25) is 0 Å². The minimum Gasteiger partial charge on any atom is -0.354 e. The van der Waals surface area contributed by atoms with Crippen molar-refractivity contribution >= 4 is 45.6 Å². The van der Waals surface area contributed by atoms with Gasteiger partial charge in [0.25, 0.3) is 5.91 Å². The number of H-pyrrole nitrogens is 1. The molecular formula is C34H32FN5O2S. The Morgan fingerprint density at radius 3 is 2.58 bits per heavy atom. The number of aromatic nitrogens is 1. The number of nitrogens with zero attached hydrogens (tertiary/aromatic N) is 3. The average molecular weight is 594 g/mol. The second-order valence-corrected chi connectivity index (χ2v) is 12.1. The highest BCUT2D eigenvalue weighted by Crippen LogP contribution is 2.37. The molecule has 1 aliphatic carbocycles. The Hall–Kier alpha value is -4.39. The fourth-order valence-electron chi connectivity index (χ4n) is 6.21. The Morgan fingerprint density at radius 1 is 1.09 bits per heavy atom. The first-order chi connectivity index (χ1) is 20.6. The van der Waals surface area contributed by atoms with E-state index in [1.165, 1.54) is 12.1 Å². The largest absolute Gasteiger partial charge is 0.354 e. The summed E-state index contributed by atoms with van der Waals surface area (Å²) in [4.78, 5) is 32.9. The molecule has 218 valence electrons. The minimum absolute atomic E-state index is 0.00488. The highest BCUT2D eigenvalue weighted by Gasteiger charge is 2.49. The third kappa shape index (κ3) is 5.01. The molecule has 2 heterocycles. The average Bonchev–Trinajstić information content (AvgIpc) is 3.34. The number of rotatable bonds is 7. The van der Waals surface area contributed by atoms with Gasteiger partial charge in [0.05, 0.1) is 17.3 Å². The SMILES string of the molecule is Cc1cc(N2C(=O)C(C)(C)N(CCNCc3ccc(-c4[nH]c5cc(F)cc6c5c4CCCC6=O)cc3)C2=S)ccc1C#N. The summed E-state index contributed by atoms with van der Waals surface area (Å²) < 4.78 is 14.3. The molecule has 2 aliphatic rings. The molecule has 0 atom stereocenters. The summed E-state index contributed by atoms with van der Waals surface area (Å²) in [5, 5.41) is 14.0. The fraction of sp³-hybridized carbons (Fsp3) is 0.294. The van der Waals surface area contributed by atoms with Crippen molar-refractivity contribution in [3.63, 3.8) is 0 Å². The van der Waals surface area contributed by atoms with Gasteiger partial charge in [0.15, 0.2) is 10.9 Å². The molecule has 1 saturated heterocycles. The summed E-state index contributed by atoms with van der Waals surface area (Å²) in [6.07, 6.45) is 1.94. The Kier molecular flexibility index (Phi) is 7.36. The number of benzene rings is 3. The summed E-state index contributed by atoms with van der Waals surface area (Å²) in [6, 6.07) is 18.5. The number of nitriles is 1. The molecule has 1 fully saturated rings. The molecule has 9 heteroatoms. The van der Waals surface area contributed by atoms with Crippen molar-refractivity contribution in [1.82, 2.24) is 15.2 Å². The van der Waals surface area contributed by atoms with Gasteiger partial charge in [-0.25, -0.2) is 4.39 Å². The number of hydrogen-bond acceptors (Lipinski definition) is 5. The van der Waals surface area contributed by atoms with Gasteiger partial charge in [0.1, 0.15) is 11.4 Å². The predicted molar refractivity (Wildman–Crippen MR) is 169 cm³/mol. The van der Waals surface area contributed by atoms with E-state index in [9.17, 15) is 19.2 Å². The number of hydrogen-bond donors (Lipinski definition) is 2. The maximum atomic E-state index is 14.3. The van der Waals surface area contributed by atoms with E-state index in [2.05, 4.69) is 40.6 Å². The second kappa shape index (κ2) is 11.0. The van der Waals surface area contributed by atoms with Crippen molar-refractivity contribution in [2.45, 2.75) is 52.1 Å². The maximum Gasteiger partial charge on any atom is 0.258 e. The molecule has 0 radical (unpaired) electrons. The quantitative estimate of drug-likeness (QED) is 0.197. The van der Waals surface area contributed by atoms with Crippen LogP contribution in [0.2, 0.25) is 0 Å². The van der Waals surface area contributed by atoms with E-state index in [1.807, 2.05) is 31.7 Å². The van der Waals surface area contributed by atoms with Crippen molar-refractivity contribution < 1.29 is 14.0 Å². The lowest BCUT2D eigenvalue weighted by Gasteiger charge is -2.29. The highest BCUT2D eigenvalue weighted by molar-refractivity contribution is 7.80. The van der Waals surface area contributed by atoms with Gasteiger partial charge < -0.3 is 15.2 Å². The summed E-state index contributed by atoms with van der Waals surface area (Å²) in [5.41, 5.74) is 6.49. The van der Waals surface area contributed by atoms with E-state index < -0.39 is 11.4 Å². The molecule has 0 unspecified atom stereocenters. The van der Waals surface area contributed by atoms with Gasteiger partial charge >= 0.3 is 0 Å². The van der Waals surface area contributed by atoms with Crippen LogP contribution >= 0.6 is 12.2 Å². The van der Waals surface area contributed by atoms with Crippen LogP contribution in [0.5, 0.6) is 0 Å².